The van der Waals surface area contributed by atoms with Gasteiger partial charge in [-0.2, -0.15) is 0 Å². The SMILES string of the molecule is C/C=C/C=C(\CC=C(C)C)C(=O)O. The summed E-state index contributed by atoms with van der Waals surface area (Å²) in [4.78, 5) is 10.7. The van der Waals surface area contributed by atoms with Crippen LogP contribution in [0.2, 0.25) is 0 Å². The van der Waals surface area contributed by atoms with Crippen molar-refractivity contribution in [1.82, 2.24) is 0 Å². The van der Waals surface area contributed by atoms with Gasteiger partial charge in [0.05, 0.1) is 0 Å². The van der Waals surface area contributed by atoms with Crippen molar-refractivity contribution in [2.45, 2.75) is 27.2 Å². The molecule has 0 radical (unpaired) electrons. The molecular formula is C11H16O2. The van der Waals surface area contributed by atoms with Crippen LogP contribution < -0.4 is 0 Å². The molecule has 13 heavy (non-hydrogen) atoms. The lowest BCUT2D eigenvalue weighted by molar-refractivity contribution is -0.132. The topological polar surface area (TPSA) is 37.3 Å². The van der Waals surface area contributed by atoms with E-state index in [1.165, 1.54) is 0 Å². The maximum Gasteiger partial charge on any atom is 0.331 e. The Kier molecular flexibility index (Phi) is 5.60. The van der Waals surface area contributed by atoms with Crippen LogP contribution in [-0.2, 0) is 4.79 Å². The minimum absolute atomic E-state index is 0.416. The van der Waals surface area contributed by atoms with Crippen molar-refractivity contribution in [2.24, 2.45) is 0 Å². The fourth-order valence-corrected chi connectivity index (χ4v) is 0.753. The van der Waals surface area contributed by atoms with E-state index in [4.69, 9.17) is 5.11 Å². The molecule has 1 N–H and O–H groups in total. The monoisotopic (exact) mass is 180 g/mol. The van der Waals surface area contributed by atoms with Crippen LogP contribution in [0.5, 0.6) is 0 Å². The molecule has 0 spiro atoms. The van der Waals surface area contributed by atoms with Crippen molar-refractivity contribution >= 4 is 5.97 Å². The zero-order valence-corrected chi connectivity index (χ0v) is 8.37. The van der Waals surface area contributed by atoms with Gasteiger partial charge in [0, 0.05) is 5.57 Å². The fraction of sp³-hybridized carbons (Fsp3) is 0.364. The second-order valence-electron chi connectivity index (χ2n) is 3.01. The third kappa shape index (κ3) is 5.91. The van der Waals surface area contributed by atoms with Crippen LogP contribution in [0.15, 0.2) is 35.5 Å². The van der Waals surface area contributed by atoms with E-state index >= 15 is 0 Å². The maximum absolute atomic E-state index is 10.7. The molecule has 0 aromatic rings. The van der Waals surface area contributed by atoms with E-state index in [9.17, 15) is 4.79 Å². The number of hydrogen-bond acceptors (Lipinski definition) is 1. The number of hydrogen-bond donors (Lipinski definition) is 1. The lowest BCUT2D eigenvalue weighted by Crippen LogP contribution is -1.98. The summed E-state index contributed by atoms with van der Waals surface area (Å²) in [6.45, 7) is 5.77. The Morgan fingerprint density at radius 2 is 2.00 bits per heavy atom. The molecule has 2 nitrogen and oxygen atoms in total. The minimum Gasteiger partial charge on any atom is -0.478 e. The normalized spacial score (nSPS) is 11.8. The van der Waals surface area contributed by atoms with Crippen LogP contribution in [0.1, 0.15) is 27.2 Å². The molecule has 0 heterocycles. The highest BCUT2D eigenvalue weighted by Crippen LogP contribution is 2.05. The molecule has 0 unspecified atom stereocenters. The van der Waals surface area contributed by atoms with Crippen LogP contribution in [-0.4, -0.2) is 11.1 Å². The third-order valence-corrected chi connectivity index (χ3v) is 1.49. The lowest BCUT2D eigenvalue weighted by atomic mass is 10.1. The molecule has 0 saturated carbocycles. The van der Waals surface area contributed by atoms with Crippen LogP contribution in [0.4, 0.5) is 0 Å². The zero-order valence-electron chi connectivity index (χ0n) is 8.37. The van der Waals surface area contributed by atoms with Gasteiger partial charge in [0.15, 0.2) is 0 Å². The largest absolute Gasteiger partial charge is 0.478 e. The Bertz CT molecular complexity index is 253. The molecule has 0 aliphatic heterocycles. The van der Waals surface area contributed by atoms with Gasteiger partial charge in [-0.25, -0.2) is 4.79 Å². The summed E-state index contributed by atoms with van der Waals surface area (Å²) in [6, 6.07) is 0. The molecule has 0 fully saturated rings. The van der Waals surface area contributed by atoms with Gasteiger partial charge in [-0.1, -0.05) is 29.9 Å². The minimum atomic E-state index is -0.851. The zero-order chi connectivity index (χ0) is 10.3. The second kappa shape index (κ2) is 6.23. The van der Waals surface area contributed by atoms with Crippen LogP contribution in [0.3, 0.4) is 0 Å². The molecule has 2 heteroatoms. The lowest BCUT2D eigenvalue weighted by Gasteiger charge is -1.96. The van der Waals surface area contributed by atoms with Gasteiger partial charge in [0.1, 0.15) is 0 Å². The van der Waals surface area contributed by atoms with Gasteiger partial charge in [-0.3, -0.25) is 0 Å². The average molecular weight is 180 g/mol. The summed E-state index contributed by atoms with van der Waals surface area (Å²) < 4.78 is 0. The Labute approximate surface area is 79.3 Å². The van der Waals surface area contributed by atoms with Crippen molar-refractivity contribution in [3.63, 3.8) is 0 Å². The first kappa shape index (κ1) is 11.7. The Hall–Kier alpha value is -1.31. The van der Waals surface area contributed by atoms with E-state index in [0.29, 0.717) is 12.0 Å². The van der Waals surface area contributed by atoms with Crippen LogP contribution in [0, 0.1) is 0 Å². The van der Waals surface area contributed by atoms with Crippen molar-refractivity contribution in [1.29, 1.82) is 0 Å². The number of rotatable bonds is 4. The Morgan fingerprint density at radius 1 is 1.38 bits per heavy atom. The average Bonchev–Trinajstić information content (AvgIpc) is 2.03. The molecule has 0 aliphatic rings. The molecule has 72 valence electrons. The fourth-order valence-electron chi connectivity index (χ4n) is 0.753. The molecular weight excluding hydrogens is 164 g/mol. The maximum atomic E-state index is 10.7. The highest BCUT2D eigenvalue weighted by Gasteiger charge is 2.02. The van der Waals surface area contributed by atoms with Gasteiger partial charge < -0.3 is 5.11 Å². The first-order valence-electron chi connectivity index (χ1n) is 4.26. The van der Waals surface area contributed by atoms with Gasteiger partial charge in [0.25, 0.3) is 0 Å². The summed E-state index contributed by atoms with van der Waals surface area (Å²) in [5.74, 6) is -0.851. The molecule has 0 saturated heterocycles. The second-order valence-corrected chi connectivity index (χ2v) is 3.01. The quantitative estimate of drug-likeness (QED) is 0.410. The molecule has 0 rings (SSSR count). The smallest absolute Gasteiger partial charge is 0.331 e. The number of carboxylic acids is 1. The molecule has 0 atom stereocenters. The summed E-state index contributed by atoms with van der Waals surface area (Å²) in [7, 11) is 0. The van der Waals surface area contributed by atoms with E-state index in [0.717, 1.165) is 5.57 Å². The Balaban J connectivity index is 4.45. The summed E-state index contributed by atoms with van der Waals surface area (Å²) >= 11 is 0. The summed E-state index contributed by atoms with van der Waals surface area (Å²) in [6.07, 6.45) is 7.57. The predicted octanol–water partition coefficient (Wildman–Crippen LogP) is 2.93. The first-order valence-corrected chi connectivity index (χ1v) is 4.26. The Morgan fingerprint density at radius 3 is 2.38 bits per heavy atom. The molecule has 0 aliphatic carbocycles. The number of allylic oxidation sites excluding steroid dienone is 5. The highest BCUT2D eigenvalue weighted by molar-refractivity contribution is 5.87. The van der Waals surface area contributed by atoms with Crippen molar-refractivity contribution in [3.05, 3.63) is 35.5 Å². The molecule has 0 amide bonds. The van der Waals surface area contributed by atoms with Gasteiger partial charge in [0.2, 0.25) is 0 Å². The summed E-state index contributed by atoms with van der Waals surface area (Å²) in [5.41, 5.74) is 1.55. The van der Waals surface area contributed by atoms with Crippen LogP contribution in [0.25, 0.3) is 0 Å². The standard InChI is InChI=1S/C11H16O2/c1-4-5-6-10(11(12)13)8-7-9(2)3/h4-7H,8H2,1-3H3,(H,12,13)/b5-4+,10-6+. The van der Waals surface area contributed by atoms with E-state index < -0.39 is 5.97 Å². The number of aliphatic carboxylic acids is 1. The first-order chi connectivity index (χ1) is 6.07. The summed E-state index contributed by atoms with van der Waals surface area (Å²) in [5, 5.41) is 8.78. The van der Waals surface area contributed by atoms with Gasteiger partial charge >= 0.3 is 5.97 Å². The molecule has 0 aromatic heterocycles. The number of carbonyl (C=O) groups is 1. The predicted molar refractivity (Wildman–Crippen MR) is 54.6 cm³/mol. The molecule has 0 bridgehead atoms. The van der Waals surface area contributed by atoms with E-state index in [2.05, 4.69) is 0 Å². The highest BCUT2D eigenvalue weighted by atomic mass is 16.4. The van der Waals surface area contributed by atoms with Crippen molar-refractivity contribution in [3.8, 4) is 0 Å². The van der Waals surface area contributed by atoms with E-state index in [-0.39, 0.29) is 0 Å². The van der Waals surface area contributed by atoms with E-state index in [1.807, 2.05) is 32.9 Å². The molecule has 0 aromatic carbocycles. The van der Waals surface area contributed by atoms with Crippen molar-refractivity contribution in [2.75, 3.05) is 0 Å². The van der Waals surface area contributed by atoms with Gasteiger partial charge in [-0.05, 0) is 27.2 Å². The van der Waals surface area contributed by atoms with E-state index in [1.54, 1.807) is 12.2 Å². The van der Waals surface area contributed by atoms with Crippen LogP contribution >= 0.6 is 0 Å². The number of carboxylic acid groups (broad SMARTS) is 1. The third-order valence-electron chi connectivity index (χ3n) is 1.49. The van der Waals surface area contributed by atoms with Gasteiger partial charge in [-0.15, -0.1) is 0 Å². The van der Waals surface area contributed by atoms with Crippen molar-refractivity contribution < 1.29 is 9.90 Å².